The minimum absolute atomic E-state index is 0.0636. The van der Waals surface area contributed by atoms with Gasteiger partial charge in [-0.2, -0.15) is 0 Å². The molecule has 2 rings (SSSR count). The fraction of sp³-hybridized carbons (Fsp3) is 0.467. The molecule has 0 radical (unpaired) electrons. The van der Waals surface area contributed by atoms with Crippen molar-refractivity contribution >= 4 is 11.9 Å². The van der Waals surface area contributed by atoms with E-state index in [1.54, 1.807) is 6.92 Å². The summed E-state index contributed by atoms with van der Waals surface area (Å²) in [7, 11) is 0. The Labute approximate surface area is 117 Å². The zero-order chi connectivity index (χ0) is 15.1. The molecule has 0 spiro atoms. The average molecular weight is 279 g/mol. The SMILES string of the molecule is Cc1cc(C(NC(=O)C2CC2(C)C)C(=O)O)ccc1F. The van der Waals surface area contributed by atoms with Gasteiger partial charge in [-0.3, -0.25) is 4.79 Å². The molecule has 1 amide bonds. The molecule has 20 heavy (non-hydrogen) atoms. The Hall–Kier alpha value is -1.91. The number of benzene rings is 1. The minimum Gasteiger partial charge on any atom is -0.479 e. The summed E-state index contributed by atoms with van der Waals surface area (Å²) in [4.78, 5) is 23.3. The number of carboxylic acid groups (broad SMARTS) is 1. The fourth-order valence-corrected chi connectivity index (χ4v) is 2.29. The Balaban J connectivity index is 2.17. The van der Waals surface area contributed by atoms with E-state index in [1.807, 2.05) is 13.8 Å². The van der Waals surface area contributed by atoms with Gasteiger partial charge in [0.1, 0.15) is 5.82 Å². The van der Waals surface area contributed by atoms with Crippen LogP contribution in [0.5, 0.6) is 0 Å². The van der Waals surface area contributed by atoms with Crippen LogP contribution >= 0.6 is 0 Å². The van der Waals surface area contributed by atoms with Gasteiger partial charge in [-0.05, 0) is 36.0 Å². The lowest BCUT2D eigenvalue weighted by Gasteiger charge is -2.16. The maximum absolute atomic E-state index is 13.2. The Morgan fingerprint density at radius 1 is 1.45 bits per heavy atom. The number of carboxylic acids is 1. The van der Waals surface area contributed by atoms with E-state index >= 15 is 0 Å². The number of halogens is 1. The summed E-state index contributed by atoms with van der Waals surface area (Å²) in [5.74, 6) is -1.95. The molecule has 1 aliphatic rings. The molecule has 108 valence electrons. The third kappa shape index (κ3) is 2.81. The van der Waals surface area contributed by atoms with Gasteiger partial charge >= 0.3 is 5.97 Å². The molecule has 2 unspecified atom stereocenters. The highest BCUT2D eigenvalue weighted by Gasteiger charge is 2.51. The molecule has 4 nitrogen and oxygen atoms in total. The molecule has 0 aromatic heterocycles. The summed E-state index contributed by atoms with van der Waals surface area (Å²) in [6, 6.07) is 2.91. The lowest BCUT2D eigenvalue weighted by molar-refractivity contribution is -0.142. The van der Waals surface area contributed by atoms with Crippen LogP contribution in [0.15, 0.2) is 18.2 Å². The van der Waals surface area contributed by atoms with Crippen molar-refractivity contribution in [2.24, 2.45) is 11.3 Å². The summed E-state index contributed by atoms with van der Waals surface area (Å²) in [5, 5.41) is 11.8. The van der Waals surface area contributed by atoms with Crippen molar-refractivity contribution in [2.45, 2.75) is 33.2 Å². The molecule has 0 saturated heterocycles. The third-order valence-corrected chi connectivity index (χ3v) is 3.88. The highest BCUT2D eigenvalue weighted by Crippen LogP contribution is 2.51. The van der Waals surface area contributed by atoms with Crippen LogP contribution in [0.3, 0.4) is 0 Å². The second kappa shape index (κ2) is 4.89. The van der Waals surface area contributed by atoms with E-state index < -0.39 is 17.8 Å². The van der Waals surface area contributed by atoms with Crippen molar-refractivity contribution in [1.82, 2.24) is 5.32 Å². The molecular weight excluding hydrogens is 261 g/mol. The fourth-order valence-electron chi connectivity index (χ4n) is 2.29. The van der Waals surface area contributed by atoms with Crippen LogP contribution in [0, 0.1) is 24.1 Å². The largest absolute Gasteiger partial charge is 0.479 e. The van der Waals surface area contributed by atoms with Crippen molar-refractivity contribution in [1.29, 1.82) is 0 Å². The maximum Gasteiger partial charge on any atom is 0.330 e. The molecule has 1 fully saturated rings. The number of rotatable bonds is 4. The molecule has 0 heterocycles. The first kappa shape index (κ1) is 14.5. The van der Waals surface area contributed by atoms with Crippen LogP contribution in [-0.4, -0.2) is 17.0 Å². The summed E-state index contributed by atoms with van der Waals surface area (Å²) < 4.78 is 13.2. The zero-order valence-corrected chi connectivity index (χ0v) is 11.7. The van der Waals surface area contributed by atoms with Crippen LogP contribution in [-0.2, 0) is 9.59 Å². The van der Waals surface area contributed by atoms with Gasteiger partial charge in [0.2, 0.25) is 5.91 Å². The normalized spacial score (nSPS) is 21.1. The number of nitrogens with one attached hydrogen (secondary N) is 1. The van der Waals surface area contributed by atoms with Crippen molar-refractivity contribution in [3.63, 3.8) is 0 Å². The monoisotopic (exact) mass is 279 g/mol. The molecule has 2 atom stereocenters. The summed E-state index contributed by atoms with van der Waals surface area (Å²) in [6.45, 7) is 5.49. The zero-order valence-electron chi connectivity index (χ0n) is 11.7. The molecule has 1 aromatic rings. The number of aryl methyl sites for hydroxylation is 1. The van der Waals surface area contributed by atoms with E-state index in [0.29, 0.717) is 11.1 Å². The molecule has 1 aromatic carbocycles. The number of hydrogen-bond acceptors (Lipinski definition) is 2. The topological polar surface area (TPSA) is 66.4 Å². The number of carbonyl (C=O) groups is 2. The van der Waals surface area contributed by atoms with Gasteiger partial charge in [0, 0.05) is 5.92 Å². The van der Waals surface area contributed by atoms with Crippen molar-refractivity contribution < 1.29 is 19.1 Å². The lowest BCUT2D eigenvalue weighted by Crippen LogP contribution is -2.35. The van der Waals surface area contributed by atoms with E-state index in [2.05, 4.69) is 5.32 Å². The van der Waals surface area contributed by atoms with Gasteiger partial charge < -0.3 is 10.4 Å². The molecule has 0 bridgehead atoms. The molecule has 0 aliphatic heterocycles. The summed E-state index contributed by atoms with van der Waals surface area (Å²) in [5.41, 5.74) is 0.671. The highest BCUT2D eigenvalue weighted by atomic mass is 19.1. The first-order valence-electron chi connectivity index (χ1n) is 6.51. The van der Waals surface area contributed by atoms with Crippen LogP contribution in [0.1, 0.15) is 37.4 Å². The summed E-state index contributed by atoms with van der Waals surface area (Å²) in [6.07, 6.45) is 0.758. The molecule has 2 N–H and O–H groups in total. The Kier molecular flexibility index (Phi) is 3.54. The quantitative estimate of drug-likeness (QED) is 0.889. The van der Waals surface area contributed by atoms with E-state index in [1.165, 1.54) is 18.2 Å². The predicted octanol–water partition coefficient (Wildman–Crippen LogP) is 2.42. The van der Waals surface area contributed by atoms with Crippen LogP contribution in [0.25, 0.3) is 0 Å². The second-order valence-electron chi connectivity index (χ2n) is 6.03. The number of hydrogen-bond donors (Lipinski definition) is 2. The van der Waals surface area contributed by atoms with Crippen molar-refractivity contribution in [2.75, 3.05) is 0 Å². The van der Waals surface area contributed by atoms with Gasteiger partial charge in [0.25, 0.3) is 0 Å². The second-order valence-corrected chi connectivity index (χ2v) is 6.03. The van der Waals surface area contributed by atoms with E-state index in [9.17, 15) is 19.1 Å². The number of amides is 1. The predicted molar refractivity (Wildman–Crippen MR) is 71.5 cm³/mol. The maximum atomic E-state index is 13.2. The molecule has 1 aliphatic carbocycles. The van der Waals surface area contributed by atoms with E-state index in [0.717, 1.165) is 6.42 Å². The molecule has 5 heteroatoms. The smallest absolute Gasteiger partial charge is 0.330 e. The Morgan fingerprint density at radius 2 is 2.05 bits per heavy atom. The van der Waals surface area contributed by atoms with Crippen LogP contribution < -0.4 is 5.32 Å². The standard InChI is InChI=1S/C15H18FNO3/c1-8-6-9(4-5-11(8)16)12(14(19)20)17-13(18)10-7-15(10,2)3/h4-6,10,12H,7H2,1-3H3,(H,17,18)(H,19,20). The van der Waals surface area contributed by atoms with Gasteiger partial charge in [-0.25, -0.2) is 9.18 Å². The number of carbonyl (C=O) groups excluding carboxylic acids is 1. The molecule has 1 saturated carbocycles. The Morgan fingerprint density at radius 3 is 2.50 bits per heavy atom. The average Bonchev–Trinajstić information content (AvgIpc) is 2.98. The summed E-state index contributed by atoms with van der Waals surface area (Å²) >= 11 is 0. The number of aliphatic carboxylic acids is 1. The first-order valence-corrected chi connectivity index (χ1v) is 6.51. The van der Waals surface area contributed by atoms with Crippen molar-refractivity contribution in [3.8, 4) is 0 Å². The lowest BCUT2D eigenvalue weighted by atomic mass is 10.0. The molecular formula is C15H18FNO3. The van der Waals surface area contributed by atoms with Gasteiger partial charge in [-0.1, -0.05) is 26.0 Å². The van der Waals surface area contributed by atoms with Crippen LogP contribution in [0.4, 0.5) is 4.39 Å². The first-order chi connectivity index (χ1) is 9.22. The third-order valence-electron chi connectivity index (χ3n) is 3.88. The van der Waals surface area contributed by atoms with E-state index in [-0.39, 0.29) is 17.2 Å². The highest BCUT2D eigenvalue weighted by molar-refractivity contribution is 5.87. The van der Waals surface area contributed by atoms with Gasteiger partial charge in [0.15, 0.2) is 6.04 Å². The van der Waals surface area contributed by atoms with Crippen LogP contribution in [0.2, 0.25) is 0 Å². The minimum atomic E-state index is -1.15. The van der Waals surface area contributed by atoms with Gasteiger partial charge in [0.05, 0.1) is 0 Å². The Bertz CT molecular complexity index is 568. The van der Waals surface area contributed by atoms with E-state index in [4.69, 9.17) is 0 Å². The van der Waals surface area contributed by atoms with Gasteiger partial charge in [-0.15, -0.1) is 0 Å². The van der Waals surface area contributed by atoms with Crippen molar-refractivity contribution in [3.05, 3.63) is 35.1 Å².